The van der Waals surface area contributed by atoms with Crippen LogP contribution in [0.1, 0.15) is 42.4 Å². The van der Waals surface area contributed by atoms with E-state index in [0.29, 0.717) is 56.9 Å². The lowest BCUT2D eigenvalue weighted by atomic mass is 9.61. The van der Waals surface area contributed by atoms with Gasteiger partial charge >= 0.3 is 5.97 Å². The van der Waals surface area contributed by atoms with Crippen LogP contribution < -0.4 is 5.32 Å². The molecule has 0 amide bonds. The Bertz CT molecular complexity index is 3340. The fourth-order valence-corrected chi connectivity index (χ4v) is 12.0. The predicted molar refractivity (Wildman–Crippen MR) is 222 cm³/mol. The van der Waals surface area contributed by atoms with E-state index < -0.39 is 123 Å². The summed E-state index contributed by atoms with van der Waals surface area (Å²) in [5, 5.41) is 23.3. The second-order valence-electron chi connectivity index (χ2n) is 16.1. The van der Waals surface area contributed by atoms with Gasteiger partial charge < -0.3 is 10.4 Å². The number of carboxylic acids is 1. The average Bonchev–Trinajstić information content (AvgIpc) is 3.82. The van der Waals surface area contributed by atoms with Gasteiger partial charge in [-0.1, -0.05) is 35.4 Å². The minimum Gasteiger partial charge on any atom is -0.481 e. The Balaban J connectivity index is 1.38. The van der Waals surface area contributed by atoms with Gasteiger partial charge in [-0.2, -0.15) is 5.26 Å². The average molecular weight is 900 g/mol. The first-order valence-corrected chi connectivity index (χ1v) is 22.6. The molecule has 0 saturated heterocycles. The van der Waals surface area contributed by atoms with E-state index in [2.05, 4.69) is 10.3 Å². The molecule has 322 valence electrons. The van der Waals surface area contributed by atoms with Gasteiger partial charge in [0, 0.05) is 58.0 Å². The first kappa shape index (κ1) is 41.8. The van der Waals surface area contributed by atoms with Crippen molar-refractivity contribution < 1.29 is 48.7 Å². The van der Waals surface area contributed by atoms with Gasteiger partial charge in [-0.25, -0.2) is 51.7 Å². The van der Waals surface area contributed by atoms with Crippen molar-refractivity contribution in [3.63, 3.8) is 0 Å². The monoisotopic (exact) mass is 899 g/mol. The van der Waals surface area contributed by atoms with Crippen molar-refractivity contribution in [2.75, 3.05) is 5.32 Å². The normalized spacial score (nSPS) is 18.8. The summed E-state index contributed by atoms with van der Waals surface area (Å²) in [6, 6.07) is 14.3. The number of carboxylic acid groups (broad SMARTS) is 1. The van der Waals surface area contributed by atoms with Crippen molar-refractivity contribution in [1.82, 2.24) is 12.9 Å². The standard InChI is InChI=1S/C45H34F5N5O6S2/c1-22-3-11-28(12-4-22)62(58,59)54-20-33(30-15-26(46)17-35(48)42(30)54)38-32(19-51)41(53-44(39(38)50)52-40-25-9-7-24(8-10-25)37(40)45(56)57)34-21-55(43-31(34)16-27(47)18-36(43)49)63(60,61)29-13-5-23(2)6-14-29/h3-6,11-18,20-21,24-25,37,40H,7-10H2,1-2H3,(H,52,53)(H,56,57). The molecule has 2 N–H and O–H groups in total. The van der Waals surface area contributed by atoms with Gasteiger partial charge in [0.15, 0.2) is 23.3 Å². The van der Waals surface area contributed by atoms with Crippen LogP contribution in [0.15, 0.2) is 95.0 Å². The van der Waals surface area contributed by atoms with Gasteiger partial charge in [0.25, 0.3) is 20.0 Å². The molecule has 0 spiro atoms. The van der Waals surface area contributed by atoms with E-state index >= 15 is 22.0 Å². The number of anilines is 1. The number of nitriles is 1. The number of benzene rings is 4. The fourth-order valence-electron chi connectivity index (χ4n) is 9.29. The molecule has 2 atom stereocenters. The van der Waals surface area contributed by atoms with Gasteiger partial charge in [-0.15, -0.1) is 0 Å². The molecule has 3 saturated carbocycles. The Labute approximate surface area is 357 Å². The quantitative estimate of drug-likeness (QED) is 0.134. The number of rotatable bonds is 9. The van der Waals surface area contributed by atoms with Gasteiger partial charge in [0.1, 0.15) is 28.7 Å². The lowest BCUT2D eigenvalue weighted by Crippen LogP contribution is -2.51. The van der Waals surface area contributed by atoms with Crippen LogP contribution in [0, 0.1) is 72.0 Å². The molecule has 0 radical (unpaired) electrons. The number of aromatic nitrogens is 3. The maximum absolute atomic E-state index is 17.7. The van der Waals surface area contributed by atoms with Crippen molar-refractivity contribution in [1.29, 1.82) is 5.26 Å². The highest BCUT2D eigenvalue weighted by molar-refractivity contribution is 7.90. The van der Waals surface area contributed by atoms with Crippen LogP contribution in [0.25, 0.3) is 44.2 Å². The summed E-state index contributed by atoms with van der Waals surface area (Å²) in [4.78, 5) is 16.6. The molecule has 10 rings (SSSR count). The second-order valence-corrected chi connectivity index (χ2v) is 19.7. The molecule has 11 nitrogen and oxygen atoms in total. The minimum atomic E-state index is -4.74. The number of fused-ring (bicyclic) bond motifs is 5. The highest BCUT2D eigenvalue weighted by Crippen LogP contribution is 2.49. The van der Waals surface area contributed by atoms with Crippen LogP contribution in [-0.2, 0) is 24.8 Å². The molecule has 2 bridgehead atoms. The topological polar surface area (TPSA) is 164 Å². The Morgan fingerprint density at radius 3 is 1.67 bits per heavy atom. The number of aliphatic carboxylic acids is 1. The van der Waals surface area contributed by atoms with Gasteiger partial charge in [-0.05, 0) is 87.8 Å². The van der Waals surface area contributed by atoms with E-state index in [-0.39, 0.29) is 21.6 Å². The van der Waals surface area contributed by atoms with E-state index in [9.17, 15) is 32.0 Å². The predicted octanol–water partition coefficient (Wildman–Crippen LogP) is 9.28. The zero-order valence-electron chi connectivity index (χ0n) is 33.2. The third-order valence-electron chi connectivity index (χ3n) is 12.3. The Morgan fingerprint density at radius 1 is 0.730 bits per heavy atom. The number of carbonyl (C=O) groups is 1. The molecule has 0 aliphatic heterocycles. The van der Waals surface area contributed by atoms with Crippen LogP contribution in [0.3, 0.4) is 0 Å². The zero-order chi connectivity index (χ0) is 44.9. The summed E-state index contributed by atoms with van der Waals surface area (Å²) in [6.45, 7) is 3.42. The number of nitrogens with zero attached hydrogens (tertiary/aromatic N) is 4. The van der Waals surface area contributed by atoms with E-state index in [1.807, 2.05) is 6.07 Å². The molecule has 2 unspecified atom stereocenters. The molecule has 4 aromatic carbocycles. The molecule has 63 heavy (non-hydrogen) atoms. The summed E-state index contributed by atoms with van der Waals surface area (Å²) in [5.74, 6) is -9.89. The van der Waals surface area contributed by atoms with E-state index in [1.165, 1.54) is 48.5 Å². The largest absolute Gasteiger partial charge is 0.481 e. The van der Waals surface area contributed by atoms with E-state index in [1.54, 1.807) is 13.8 Å². The van der Waals surface area contributed by atoms with Crippen LogP contribution in [0.4, 0.5) is 27.8 Å². The number of halogens is 5. The van der Waals surface area contributed by atoms with Gasteiger partial charge in [0.2, 0.25) is 0 Å². The summed E-state index contributed by atoms with van der Waals surface area (Å²) in [6.07, 6.45) is 4.03. The summed E-state index contributed by atoms with van der Waals surface area (Å²) >= 11 is 0. The number of pyridine rings is 1. The van der Waals surface area contributed by atoms with Crippen molar-refractivity contribution >= 4 is 53.6 Å². The maximum atomic E-state index is 17.7. The Hall–Kier alpha value is -6.58. The molecule has 3 aromatic heterocycles. The van der Waals surface area contributed by atoms with Crippen LogP contribution >= 0.6 is 0 Å². The van der Waals surface area contributed by atoms with E-state index in [4.69, 9.17) is 0 Å². The molecule has 3 heterocycles. The summed E-state index contributed by atoms with van der Waals surface area (Å²) in [7, 11) is -9.43. The molecule has 3 aliphatic rings. The van der Waals surface area contributed by atoms with Crippen LogP contribution in [-0.4, -0.2) is 46.9 Å². The van der Waals surface area contributed by atoms with Crippen molar-refractivity contribution in [2.45, 2.75) is 55.4 Å². The van der Waals surface area contributed by atoms with Crippen molar-refractivity contribution in [3.8, 4) is 28.5 Å². The zero-order valence-corrected chi connectivity index (χ0v) is 34.8. The first-order valence-electron chi connectivity index (χ1n) is 19.7. The van der Waals surface area contributed by atoms with Crippen LogP contribution in [0.2, 0.25) is 0 Å². The number of nitrogens with one attached hydrogen (secondary N) is 1. The molecule has 18 heteroatoms. The highest BCUT2D eigenvalue weighted by atomic mass is 32.2. The molecule has 7 aromatic rings. The Morgan fingerprint density at radius 2 is 1.19 bits per heavy atom. The van der Waals surface area contributed by atoms with E-state index in [0.717, 1.165) is 24.5 Å². The number of aryl methyl sites for hydroxylation is 2. The van der Waals surface area contributed by atoms with Crippen molar-refractivity contribution in [3.05, 3.63) is 131 Å². The maximum Gasteiger partial charge on any atom is 0.308 e. The molecule has 3 aliphatic carbocycles. The summed E-state index contributed by atoms with van der Waals surface area (Å²) < 4.78 is 138. The van der Waals surface area contributed by atoms with Gasteiger partial charge in [0.05, 0.1) is 27.0 Å². The molecule has 3 fully saturated rings. The SMILES string of the molecule is Cc1ccc(S(=O)(=O)n2cc(-c3nc(NC4C5CCC(CC5)C4C(=O)O)c(F)c(-c4cn(S(=O)(=O)c5ccc(C)cc5)c5c(F)cc(F)cc45)c3C#N)c3cc(F)cc(F)c32)cc1. The van der Waals surface area contributed by atoms with Crippen LogP contribution in [0.5, 0.6) is 0 Å². The van der Waals surface area contributed by atoms with Crippen molar-refractivity contribution in [2.24, 2.45) is 17.8 Å². The minimum absolute atomic E-state index is 0.294. The second kappa shape index (κ2) is 15.1. The third kappa shape index (κ3) is 6.72. The smallest absolute Gasteiger partial charge is 0.308 e. The number of hydrogen-bond donors (Lipinski definition) is 2. The highest BCUT2D eigenvalue weighted by Gasteiger charge is 2.48. The fraction of sp³-hybridized carbons (Fsp3) is 0.222. The first-order chi connectivity index (χ1) is 29.9. The van der Waals surface area contributed by atoms with Gasteiger partial charge in [-0.3, -0.25) is 4.79 Å². The summed E-state index contributed by atoms with van der Waals surface area (Å²) in [5.41, 5.74) is -3.03. The lowest BCUT2D eigenvalue weighted by Gasteiger charge is -2.47. The molecular weight excluding hydrogens is 866 g/mol. The number of hydrogen-bond acceptors (Lipinski definition) is 8. The Kier molecular flexibility index (Phi) is 9.98. The lowest BCUT2D eigenvalue weighted by molar-refractivity contribution is -0.148. The molecular formula is C45H34F5N5O6S2. The third-order valence-corrected chi connectivity index (χ3v) is 15.7.